The zero-order chi connectivity index (χ0) is 14.1. The van der Waals surface area contributed by atoms with E-state index in [-0.39, 0.29) is 0 Å². The van der Waals surface area contributed by atoms with Gasteiger partial charge in [0.25, 0.3) is 0 Å². The summed E-state index contributed by atoms with van der Waals surface area (Å²) in [5.74, 6) is 0.444. The van der Waals surface area contributed by atoms with E-state index in [0.29, 0.717) is 5.92 Å². The van der Waals surface area contributed by atoms with Crippen molar-refractivity contribution < 1.29 is 0 Å². The number of hydrogen-bond donors (Lipinski definition) is 1. The highest BCUT2D eigenvalue weighted by Gasteiger charge is 2.06. The molecule has 1 N–H and O–H groups in total. The minimum absolute atomic E-state index is 0.444. The predicted molar refractivity (Wildman–Crippen MR) is 79.8 cm³/mol. The number of aryl methyl sites for hydroxylation is 1. The molecule has 0 bridgehead atoms. The third kappa shape index (κ3) is 2.52. The number of hydrogen-bond acceptors (Lipinski definition) is 3. The van der Waals surface area contributed by atoms with Crippen molar-refractivity contribution in [1.82, 2.24) is 18.9 Å². The third-order valence-corrected chi connectivity index (χ3v) is 3.29. The summed E-state index contributed by atoms with van der Waals surface area (Å²) in [6.07, 6.45) is 7.98. The van der Waals surface area contributed by atoms with E-state index in [4.69, 9.17) is 0 Å². The number of aromatic nitrogens is 4. The van der Waals surface area contributed by atoms with Crippen LogP contribution in [-0.4, -0.2) is 18.9 Å². The number of fused-ring (bicyclic) bond motifs is 1. The summed E-state index contributed by atoms with van der Waals surface area (Å²) in [6, 6.07) is 4.09. The number of nitrogens with zero attached hydrogens (tertiary/aromatic N) is 4. The Hall–Kier alpha value is -2.30. The van der Waals surface area contributed by atoms with Crippen LogP contribution in [0.25, 0.3) is 5.65 Å². The molecule has 3 aromatic rings. The first-order valence-electron chi connectivity index (χ1n) is 6.81. The van der Waals surface area contributed by atoms with Crippen LogP contribution in [0.5, 0.6) is 0 Å². The fourth-order valence-corrected chi connectivity index (χ4v) is 2.15. The molecule has 0 aromatic carbocycles. The van der Waals surface area contributed by atoms with E-state index in [1.807, 2.05) is 30.2 Å². The van der Waals surface area contributed by atoms with Gasteiger partial charge in [-0.3, -0.25) is 0 Å². The van der Waals surface area contributed by atoms with Crippen molar-refractivity contribution in [2.75, 3.05) is 5.32 Å². The molecule has 3 heterocycles. The van der Waals surface area contributed by atoms with Gasteiger partial charge in [0.15, 0.2) is 0 Å². The van der Waals surface area contributed by atoms with E-state index in [1.165, 1.54) is 0 Å². The van der Waals surface area contributed by atoms with Crippen LogP contribution in [0.1, 0.15) is 31.2 Å². The van der Waals surface area contributed by atoms with Gasteiger partial charge in [-0.2, -0.15) is 0 Å². The average Bonchev–Trinajstić information content (AvgIpc) is 3.01. The molecule has 0 radical (unpaired) electrons. The Morgan fingerprint density at radius 2 is 2.05 bits per heavy atom. The molecule has 104 valence electrons. The number of anilines is 1. The Morgan fingerprint density at radius 3 is 2.75 bits per heavy atom. The molecule has 0 saturated carbocycles. The topological polar surface area (TPSA) is 47.1 Å². The minimum Gasteiger partial charge on any atom is -0.378 e. The Balaban J connectivity index is 1.78. The molecule has 3 rings (SSSR count). The highest BCUT2D eigenvalue weighted by atomic mass is 15.0. The van der Waals surface area contributed by atoms with E-state index >= 15 is 0 Å². The van der Waals surface area contributed by atoms with Crippen LogP contribution in [0.2, 0.25) is 0 Å². The highest BCUT2D eigenvalue weighted by Crippen LogP contribution is 2.17. The van der Waals surface area contributed by atoms with Gasteiger partial charge in [-0.15, -0.1) is 0 Å². The number of rotatable bonds is 4. The van der Waals surface area contributed by atoms with E-state index in [0.717, 1.165) is 29.3 Å². The maximum absolute atomic E-state index is 4.59. The molecule has 0 unspecified atom stereocenters. The van der Waals surface area contributed by atoms with Crippen LogP contribution in [0.3, 0.4) is 0 Å². The van der Waals surface area contributed by atoms with E-state index in [1.54, 1.807) is 0 Å². The van der Waals surface area contributed by atoms with Gasteiger partial charge >= 0.3 is 0 Å². The lowest BCUT2D eigenvalue weighted by atomic mass is 10.2. The SMILES string of the molecule is CC(C)c1cn2cc(NCc3cn(C)cn3)ccc2n1. The van der Waals surface area contributed by atoms with Crippen molar-refractivity contribution in [3.63, 3.8) is 0 Å². The summed E-state index contributed by atoms with van der Waals surface area (Å²) in [4.78, 5) is 8.90. The summed E-state index contributed by atoms with van der Waals surface area (Å²) in [7, 11) is 1.97. The molecular weight excluding hydrogens is 250 g/mol. The van der Waals surface area contributed by atoms with Gasteiger partial charge in [0.2, 0.25) is 0 Å². The standard InChI is InChI=1S/C15H19N5/c1-11(2)14-9-20-8-12(4-5-15(20)18-14)16-6-13-7-19(3)10-17-13/h4-5,7-11,16H,6H2,1-3H3. The van der Waals surface area contributed by atoms with Gasteiger partial charge in [-0.25, -0.2) is 9.97 Å². The first kappa shape index (κ1) is 12.7. The largest absolute Gasteiger partial charge is 0.378 e. The summed E-state index contributed by atoms with van der Waals surface area (Å²) in [5, 5.41) is 3.38. The van der Waals surface area contributed by atoms with Gasteiger partial charge in [0, 0.05) is 25.6 Å². The highest BCUT2D eigenvalue weighted by molar-refractivity contribution is 5.51. The molecule has 0 atom stereocenters. The molecule has 3 aromatic heterocycles. The predicted octanol–water partition coefficient (Wildman–Crippen LogP) is 2.80. The lowest BCUT2D eigenvalue weighted by Crippen LogP contribution is -2.00. The fourth-order valence-electron chi connectivity index (χ4n) is 2.15. The van der Waals surface area contributed by atoms with E-state index in [2.05, 4.69) is 52.0 Å². The first-order chi connectivity index (χ1) is 9.61. The average molecular weight is 269 g/mol. The third-order valence-electron chi connectivity index (χ3n) is 3.29. The van der Waals surface area contributed by atoms with Gasteiger partial charge < -0.3 is 14.3 Å². The van der Waals surface area contributed by atoms with Crippen LogP contribution in [0, 0.1) is 0 Å². The monoisotopic (exact) mass is 269 g/mol. The van der Waals surface area contributed by atoms with Crippen molar-refractivity contribution in [3.05, 3.63) is 48.4 Å². The molecule has 0 aliphatic carbocycles. The second-order valence-corrected chi connectivity index (χ2v) is 5.39. The van der Waals surface area contributed by atoms with Crippen LogP contribution in [0.4, 0.5) is 5.69 Å². The van der Waals surface area contributed by atoms with Crippen molar-refractivity contribution in [3.8, 4) is 0 Å². The van der Waals surface area contributed by atoms with Crippen LogP contribution < -0.4 is 5.32 Å². The quantitative estimate of drug-likeness (QED) is 0.792. The summed E-state index contributed by atoms with van der Waals surface area (Å²) in [5.41, 5.74) is 4.20. The maximum atomic E-state index is 4.59. The molecule has 20 heavy (non-hydrogen) atoms. The molecule has 5 heteroatoms. The summed E-state index contributed by atoms with van der Waals surface area (Å²) < 4.78 is 4.01. The normalized spacial score (nSPS) is 11.4. The number of nitrogens with one attached hydrogen (secondary N) is 1. The molecule has 0 amide bonds. The van der Waals surface area contributed by atoms with Crippen LogP contribution in [0.15, 0.2) is 37.1 Å². The second-order valence-electron chi connectivity index (χ2n) is 5.39. The number of pyridine rings is 1. The number of imidazole rings is 2. The molecule has 0 saturated heterocycles. The van der Waals surface area contributed by atoms with Gasteiger partial charge in [-0.05, 0) is 18.1 Å². The molecule has 0 spiro atoms. The Labute approximate surface area is 118 Å². The Morgan fingerprint density at radius 1 is 1.20 bits per heavy atom. The Kier molecular flexibility index (Phi) is 3.18. The van der Waals surface area contributed by atoms with Crippen molar-refractivity contribution in [1.29, 1.82) is 0 Å². The molecule has 0 aliphatic rings. The smallest absolute Gasteiger partial charge is 0.137 e. The van der Waals surface area contributed by atoms with Gasteiger partial charge in [0.1, 0.15) is 5.65 Å². The zero-order valence-electron chi connectivity index (χ0n) is 12.0. The summed E-state index contributed by atoms with van der Waals surface area (Å²) >= 11 is 0. The second kappa shape index (κ2) is 5.00. The Bertz CT molecular complexity index is 723. The van der Waals surface area contributed by atoms with Crippen molar-refractivity contribution >= 4 is 11.3 Å². The molecule has 0 aliphatic heterocycles. The maximum Gasteiger partial charge on any atom is 0.137 e. The van der Waals surface area contributed by atoms with E-state index in [9.17, 15) is 0 Å². The molecular formula is C15H19N5. The molecule has 5 nitrogen and oxygen atoms in total. The van der Waals surface area contributed by atoms with Gasteiger partial charge in [0.05, 0.1) is 29.9 Å². The first-order valence-corrected chi connectivity index (χ1v) is 6.81. The summed E-state index contributed by atoms with van der Waals surface area (Å²) in [6.45, 7) is 5.03. The zero-order valence-corrected chi connectivity index (χ0v) is 12.0. The lowest BCUT2D eigenvalue weighted by molar-refractivity contribution is 0.834. The lowest BCUT2D eigenvalue weighted by Gasteiger charge is -2.04. The van der Waals surface area contributed by atoms with Crippen molar-refractivity contribution in [2.45, 2.75) is 26.3 Å². The fraction of sp³-hybridized carbons (Fsp3) is 0.333. The minimum atomic E-state index is 0.444. The van der Waals surface area contributed by atoms with Crippen molar-refractivity contribution in [2.24, 2.45) is 7.05 Å². The van der Waals surface area contributed by atoms with Crippen LogP contribution in [-0.2, 0) is 13.6 Å². The van der Waals surface area contributed by atoms with Crippen LogP contribution >= 0.6 is 0 Å². The molecule has 0 fully saturated rings. The van der Waals surface area contributed by atoms with E-state index < -0.39 is 0 Å². The van der Waals surface area contributed by atoms with Gasteiger partial charge in [-0.1, -0.05) is 13.8 Å².